The van der Waals surface area contributed by atoms with Crippen LogP contribution >= 0.6 is 22.7 Å². The SMILES string of the molecule is CCN(C(=O)c1cc2sccc2s1)C1CCCCC1CN. The highest BCUT2D eigenvalue weighted by Gasteiger charge is 2.32. The first-order valence-electron chi connectivity index (χ1n) is 7.72. The van der Waals surface area contributed by atoms with Crippen molar-refractivity contribution in [2.45, 2.75) is 38.6 Å². The molecule has 2 N–H and O–H groups in total. The van der Waals surface area contributed by atoms with Crippen LogP contribution < -0.4 is 5.73 Å². The van der Waals surface area contributed by atoms with Crippen LogP contribution in [0.4, 0.5) is 0 Å². The summed E-state index contributed by atoms with van der Waals surface area (Å²) in [6.07, 6.45) is 4.72. The molecule has 0 spiro atoms. The molecule has 3 nitrogen and oxygen atoms in total. The monoisotopic (exact) mass is 322 g/mol. The fourth-order valence-electron chi connectivity index (χ4n) is 3.41. The molecule has 1 aliphatic carbocycles. The summed E-state index contributed by atoms with van der Waals surface area (Å²) in [5.41, 5.74) is 5.94. The minimum absolute atomic E-state index is 0.191. The van der Waals surface area contributed by atoms with E-state index in [1.807, 2.05) is 0 Å². The Morgan fingerprint density at radius 3 is 2.90 bits per heavy atom. The first-order valence-corrected chi connectivity index (χ1v) is 9.42. The van der Waals surface area contributed by atoms with Crippen LogP contribution in [0.15, 0.2) is 17.5 Å². The van der Waals surface area contributed by atoms with E-state index < -0.39 is 0 Å². The van der Waals surface area contributed by atoms with E-state index in [-0.39, 0.29) is 5.91 Å². The number of rotatable bonds is 4. The molecule has 2 unspecified atom stereocenters. The third-order valence-corrected chi connectivity index (χ3v) is 6.61. The number of nitrogens with two attached hydrogens (primary N) is 1. The van der Waals surface area contributed by atoms with Crippen LogP contribution in [0.1, 0.15) is 42.3 Å². The summed E-state index contributed by atoms with van der Waals surface area (Å²) in [4.78, 5) is 15.8. The maximum Gasteiger partial charge on any atom is 0.264 e. The van der Waals surface area contributed by atoms with Gasteiger partial charge in [0.1, 0.15) is 0 Å². The zero-order valence-electron chi connectivity index (χ0n) is 12.4. The van der Waals surface area contributed by atoms with E-state index in [9.17, 15) is 4.79 Å². The molecule has 2 aromatic rings. The number of thiophene rings is 2. The van der Waals surface area contributed by atoms with Crippen LogP contribution in [0.25, 0.3) is 9.40 Å². The number of amides is 1. The van der Waals surface area contributed by atoms with Crippen molar-refractivity contribution < 1.29 is 4.79 Å². The van der Waals surface area contributed by atoms with Gasteiger partial charge in [-0.3, -0.25) is 4.79 Å². The van der Waals surface area contributed by atoms with Gasteiger partial charge in [0, 0.05) is 22.0 Å². The van der Waals surface area contributed by atoms with Gasteiger partial charge in [-0.1, -0.05) is 12.8 Å². The van der Waals surface area contributed by atoms with E-state index in [0.29, 0.717) is 18.5 Å². The predicted octanol–water partition coefficient (Wildman–Crippen LogP) is 3.94. The van der Waals surface area contributed by atoms with Crippen molar-refractivity contribution >= 4 is 38.0 Å². The number of hydrogen-bond acceptors (Lipinski definition) is 4. The molecule has 2 aromatic heterocycles. The van der Waals surface area contributed by atoms with E-state index in [0.717, 1.165) is 24.3 Å². The number of nitrogens with zero attached hydrogens (tertiary/aromatic N) is 1. The van der Waals surface area contributed by atoms with Gasteiger partial charge >= 0.3 is 0 Å². The zero-order valence-corrected chi connectivity index (χ0v) is 14.0. The van der Waals surface area contributed by atoms with Gasteiger partial charge in [-0.05, 0) is 49.7 Å². The van der Waals surface area contributed by atoms with Gasteiger partial charge in [-0.25, -0.2) is 0 Å². The van der Waals surface area contributed by atoms with Crippen molar-refractivity contribution in [2.75, 3.05) is 13.1 Å². The molecule has 2 atom stereocenters. The minimum atomic E-state index is 0.191. The molecule has 0 aliphatic heterocycles. The lowest BCUT2D eigenvalue weighted by Gasteiger charge is -2.39. The van der Waals surface area contributed by atoms with Gasteiger partial charge in [0.05, 0.1) is 4.88 Å². The second-order valence-electron chi connectivity index (χ2n) is 5.70. The maximum absolute atomic E-state index is 12.9. The average Bonchev–Trinajstić information content (AvgIpc) is 3.09. The summed E-state index contributed by atoms with van der Waals surface area (Å²) in [6, 6.07) is 4.47. The molecule has 1 saturated carbocycles. The summed E-state index contributed by atoms with van der Waals surface area (Å²) >= 11 is 3.32. The molecule has 0 aromatic carbocycles. The predicted molar refractivity (Wildman–Crippen MR) is 91.2 cm³/mol. The van der Waals surface area contributed by atoms with Crippen molar-refractivity contribution in [1.29, 1.82) is 0 Å². The van der Waals surface area contributed by atoms with Crippen LogP contribution in [0.5, 0.6) is 0 Å². The number of carbonyl (C=O) groups excluding carboxylic acids is 1. The third kappa shape index (κ3) is 2.87. The molecule has 1 amide bonds. The highest BCUT2D eigenvalue weighted by Crippen LogP contribution is 2.33. The largest absolute Gasteiger partial charge is 0.335 e. The first-order chi connectivity index (χ1) is 10.2. The maximum atomic E-state index is 12.9. The Balaban J connectivity index is 1.84. The fourth-order valence-corrected chi connectivity index (χ4v) is 5.48. The van der Waals surface area contributed by atoms with Crippen molar-refractivity contribution in [3.05, 3.63) is 22.4 Å². The van der Waals surface area contributed by atoms with Crippen LogP contribution in [-0.4, -0.2) is 29.9 Å². The standard InChI is InChI=1S/C16H22N2OS2/c1-2-18(12-6-4-3-5-11(12)10-17)16(19)15-9-14-13(21-15)7-8-20-14/h7-9,11-12H,2-6,10,17H2,1H3. The fraction of sp³-hybridized carbons (Fsp3) is 0.562. The van der Waals surface area contributed by atoms with E-state index in [4.69, 9.17) is 5.73 Å². The Bertz CT molecular complexity index is 590. The lowest BCUT2D eigenvalue weighted by Crippen LogP contribution is -2.47. The molecule has 0 saturated heterocycles. The van der Waals surface area contributed by atoms with Crippen LogP contribution in [0.2, 0.25) is 0 Å². The van der Waals surface area contributed by atoms with Gasteiger partial charge in [-0.2, -0.15) is 0 Å². The van der Waals surface area contributed by atoms with E-state index in [1.54, 1.807) is 22.7 Å². The Hall–Kier alpha value is -0.910. The zero-order chi connectivity index (χ0) is 14.8. The van der Waals surface area contributed by atoms with Crippen molar-refractivity contribution in [3.63, 3.8) is 0 Å². The van der Waals surface area contributed by atoms with Gasteiger partial charge in [0.15, 0.2) is 0 Å². The first kappa shape index (κ1) is 15.0. The molecule has 3 rings (SSSR count). The van der Waals surface area contributed by atoms with E-state index >= 15 is 0 Å². The molecule has 1 aliphatic rings. The lowest BCUT2D eigenvalue weighted by atomic mass is 9.83. The van der Waals surface area contributed by atoms with Crippen molar-refractivity contribution in [2.24, 2.45) is 11.7 Å². The number of fused-ring (bicyclic) bond motifs is 1. The molecule has 5 heteroatoms. The molecule has 1 fully saturated rings. The Morgan fingerprint density at radius 1 is 1.38 bits per heavy atom. The van der Waals surface area contributed by atoms with Gasteiger partial charge < -0.3 is 10.6 Å². The van der Waals surface area contributed by atoms with Crippen molar-refractivity contribution in [1.82, 2.24) is 4.90 Å². The highest BCUT2D eigenvalue weighted by atomic mass is 32.1. The summed E-state index contributed by atoms with van der Waals surface area (Å²) in [7, 11) is 0. The normalized spacial score (nSPS) is 22.6. The van der Waals surface area contributed by atoms with E-state index in [2.05, 4.69) is 29.3 Å². The second-order valence-corrected chi connectivity index (χ2v) is 7.73. The molecular weight excluding hydrogens is 300 g/mol. The Morgan fingerprint density at radius 2 is 2.19 bits per heavy atom. The van der Waals surface area contributed by atoms with Crippen LogP contribution in [0.3, 0.4) is 0 Å². The average molecular weight is 322 g/mol. The van der Waals surface area contributed by atoms with Gasteiger partial charge in [-0.15, -0.1) is 22.7 Å². The van der Waals surface area contributed by atoms with Crippen LogP contribution in [0, 0.1) is 5.92 Å². The second kappa shape index (κ2) is 6.46. The minimum Gasteiger partial charge on any atom is -0.335 e. The Labute approximate surface area is 133 Å². The smallest absolute Gasteiger partial charge is 0.264 e. The van der Waals surface area contributed by atoms with Crippen molar-refractivity contribution in [3.8, 4) is 0 Å². The van der Waals surface area contributed by atoms with Gasteiger partial charge in [0.2, 0.25) is 0 Å². The van der Waals surface area contributed by atoms with E-state index in [1.165, 1.54) is 22.2 Å². The number of hydrogen-bond donors (Lipinski definition) is 1. The molecule has 114 valence electrons. The molecule has 2 heterocycles. The van der Waals surface area contributed by atoms with Crippen LogP contribution in [-0.2, 0) is 0 Å². The molecular formula is C16H22N2OS2. The summed E-state index contributed by atoms with van der Waals surface area (Å²) in [6.45, 7) is 3.54. The topological polar surface area (TPSA) is 46.3 Å². The molecule has 0 radical (unpaired) electrons. The quantitative estimate of drug-likeness (QED) is 0.926. The Kier molecular flexibility index (Phi) is 4.62. The highest BCUT2D eigenvalue weighted by molar-refractivity contribution is 7.27. The molecule has 0 bridgehead atoms. The molecule has 21 heavy (non-hydrogen) atoms. The summed E-state index contributed by atoms with van der Waals surface area (Å²) in [5, 5.41) is 2.08. The summed E-state index contributed by atoms with van der Waals surface area (Å²) in [5.74, 6) is 0.653. The lowest BCUT2D eigenvalue weighted by molar-refractivity contribution is 0.0565. The van der Waals surface area contributed by atoms with Gasteiger partial charge in [0.25, 0.3) is 5.91 Å². The number of carbonyl (C=O) groups is 1. The summed E-state index contributed by atoms with van der Waals surface area (Å²) < 4.78 is 2.44. The third-order valence-electron chi connectivity index (χ3n) is 4.52.